The van der Waals surface area contributed by atoms with Crippen LogP contribution in [0, 0.1) is 0 Å². The van der Waals surface area contributed by atoms with Crippen LogP contribution in [0.2, 0.25) is 0 Å². The number of nitrogens with one attached hydrogen (secondary N) is 2. The minimum absolute atomic E-state index is 0.213. The fourth-order valence-electron chi connectivity index (χ4n) is 0.922. The second-order valence-electron chi connectivity index (χ2n) is 3.15. The fourth-order valence-corrected chi connectivity index (χ4v) is 0.922. The maximum Gasteiger partial charge on any atom is 0.322 e. The lowest BCUT2D eigenvalue weighted by atomic mass is 10.2. The first-order valence-corrected chi connectivity index (χ1v) is 4.76. The third-order valence-electron chi connectivity index (χ3n) is 1.66. The number of carboxylic acids is 1. The molecule has 0 heterocycles. The highest BCUT2D eigenvalue weighted by molar-refractivity contribution is 5.88. The highest BCUT2D eigenvalue weighted by Crippen LogP contribution is 1.89. The molecular weight excluding hydrogens is 200 g/mol. The van der Waals surface area contributed by atoms with E-state index in [2.05, 4.69) is 10.6 Å². The summed E-state index contributed by atoms with van der Waals surface area (Å²) in [6, 6.07) is -0.705. The van der Waals surface area contributed by atoms with E-state index >= 15 is 0 Å². The Hall–Kier alpha value is -1.59. The van der Waals surface area contributed by atoms with Crippen molar-refractivity contribution in [3.8, 4) is 0 Å². The van der Waals surface area contributed by atoms with E-state index in [4.69, 9.17) is 5.11 Å². The molecule has 6 nitrogen and oxygen atoms in total. The lowest BCUT2D eigenvalue weighted by Gasteiger charge is -2.12. The quantitative estimate of drug-likeness (QED) is 0.557. The lowest BCUT2D eigenvalue weighted by molar-refractivity contribution is -0.138. The van der Waals surface area contributed by atoms with Gasteiger partial charge in [-0.3, -0.25) is 14.4 Å². The maximum absolute atomic E-state index is 11.2. The smallest absolute Gasteiger partial charge is 0.322 e. The number of hydrogen-bond acceptors (Lipinski definition) is 3. The summed E-state index contributed by atoms with van der Waals surface area (Å²) in [6.45, 7) is 2.92. The van der Waals surface area contributed by atoms with Crippen LogP contribution in [-0.2, 0) is 14.4 Å². The fraction of sp³-hybridized carbons (Fsp3) is 0.667. The van der Waals surface area contributed by atoms with Crippen molar-refractivity contribution in [3.05, 3.63) is 0 Å². The number of aliphatic carboxylic acids is 1. The van der Waals surface area contributed by atoms with E-state index in [1.165, 1.54) is 6.92 Å². The minimum Gasteiger partial charge on any atom is -0.480 e. The highest BCUT2D eigenvalue weighted by Gasteiger charge is 2.15. The van der Waals surface area contributed by atoms with Crippen molar-refractivity contribution in [2.24, 2.45) is 0 Å². The van der Waals surface area contributed by atoms with E-state index in [9.17, 15) is 14.4 Å². The first-order chi connectivity index (χ1) is 6.97. The predicted octanol–water partition coefficient (Wildman–Crippen LogP) is -0.508. The van der Waals surface area contributed by atoms with E-state index in [0.29, 0.717) is 12.8 Å². The van der Waals surface area contributed by atoms with Gasteiger partial charge in [0.25, 0.3) is 0 Å². The summed E-state index contributed by atoms with van der Waals surface area (Å²) in [5.41, 5.74) is 0. The molecule has 6 heteroatoms. The number of carbonyl (C=O) groups excluding carboxylic acids is 2. The van der Waals surface area contributed by atoms with Gasteiger partial charge in [-0.25, -0.2) is 0 Å². The van der Waals surface area contributed by atoms with E-state index in [0.717, 1.165) is 0 Å². The highest BCUT2D eigenvalue weighted by atomic mass is 16.4. The van der Waals surface area contributed by atoms with Gasteiger partial charge >= 0.3 is 5.97 Å². The van der Waals surface area contributed by atoms with E-state index in [1.54, 1.807) is 0 Å². The predicted molar refractivity (Wildman–Crippen MR) is 53.2 cm³/mol. The van der Waals surface area contributed by atoms with Gasteiger partial charge in [-0.05, 0) is 13.3 Å². The third-order valence-corrected chi connectivity index (χ3v) is 1.66. The van der Waals surface area contributed by atoms with Crippen molar-refractivity contribution in [1.29, 1.82) is 0 Å². The van der Waals surface area contributed by atoms with Gasteiger partial charge in [0.05, 0.1) is 0 Å². The van der Waals surface area contributed by atoms with E-state index < -0.39 is 24.5 Å². The van der Waals surface area contributed by atoms with Gasteiger partial charge in [0, 0.05) is 6.42 Å². The van der Waals surface area contributed by atoms with Gasteiger partial charge in [0.15, 0.2) is 0 Å². The average Bonchev–Trinajstić information content (AvgIpc) is 2.14. The van der Waals surface area contributed by atoms with Gasteiger partial charge in [0.2, 0.25) is 11.8 Å². The molecular formula is C9H16N2O4. The van der Waals surface area contributed by atoms with Crippen LogP contribution in [0.15, 0.2) is 0 Å². The third kappa shape index (κ3) is 6.48. The van der Waals surface area contributed by atoms with Gasteiger partial charge in [0.1, 0.15) is 12.6 Å². The Kier molecular flexibility index (Phi) is 6.08. The molecule has 0 spiro atoms. The molecule has 0 bridgehead atoms. The SMILES string of the molecule is CCCC(=O)NC(C)C(=O)NCC(=O)O. The molecule has 0 saturated carbocycles. The molecule has 0 aromatic heterocycles. The number of carbonyl (C=O) groups is 3. The molecule has 1 unspecified atom stereocenters. The van der Waals surface area contributed by atoms with Crippen LogP contribution in [0.5, 0.6) is 0 Å². The molecule has 0 aromatic rings. The largest absolute Gasteiger partial charge is 0.480 e. The van der Waals surface area contributed by atoms with Crippen LogP contribution < -0.4 is 10.6 Å². The van der Waals surface area contributed by atoms with Crippen LogP contribution >= 0.6 is 0 Å². The van der Waals surface area contributed by atoms with E-state index in [1.807, 2.05) is 6.92 Å². The topological polar surface area (TPSA) is 95.5 Å². The van der Waals surface area contributed by atoms with Gasteiger partial charge < -0.3 is 15.7 Å². The zero-order valence-corrected chi connectivity index (χ0v) is 8.87. The molecule has 0 radical (unpaired) electrons. The number of rotatable bonds is 6. The first kappa shape index (κ1) is 13.4. The number of amides is 2. The van der Waals surface area contributed by atoms with E-state index in [-0.39, 0.29) is 5.91 Å². The monoisotopic (exact) mass is 216 g/mol. The molecule has 0 aliphatic heterocycles. The maximum atomic E-state index is 11.2. The minimum atomic E-state index is -1.12. The van der Waals surface area contributed by atoms with Crippen molar-refractivity contribution in [3.63, 3.8) is 0 Å². The standard InChI is InChI=1S/C9H16N2O4/c1-3-4-7(12)11-6(2)9(15)10-5-8(13)14/h6H,3-5H2,1-2H3,(H,10,15)(H,11,12)(H,13,14). The summed E-state index contributed by atoms with van der Waals surface area (Å²) in [5, 5.41) is 12.9. The van der Waals surface area contributed by atoms with Crippen molar-refractivity contribution in [2.75, 3.05) is 6.54 Å². The summed E-state index contributed by atoms with van der Waals surface area (Å²) in [7, 11) is 0. The second kappa shape index (κ2) is 6.80. The Morgan fingerprint density at radius 3 is 2.40 bits per heavy atom. The molecule has 0 aromatic carbocycles. The van der Waals surface area contributed by atoms with Crippen LogP contribution in [-0.4, -0.2) is 35.5 Å². The lowest BCUT2D eigenvalue weighted by Crippen LogP contribution is -2.46. The second-order valence-corrected chi connectivity index (χ2v) is 3.15. The molecule has 0 fully saturated rings. The van der Waals surface area contributed by atoms with Crippen molar-refractivity contribution >= 4 is 17.8 Å². The molecule has 3 N–H and O–H groups in total. The van der Waals surface area contributed by atoms with Crippen LogP contribution in [0.1, 0.15) is 26.7 Å². The summed E-state index contributed by atoms with van der Waals surface area (Å²) in [6.07, 6.45) is 1.06. The Morgan fingerprint density at radius 2 is 1.93 bits per heavy atom. The molecule has 0 aliphatic carbocycles. The Bertz CT molecular complexity index is 252. The summed E-state index contributed by atoms with van der Waals surface area (Å²) >= 11 is 0. The van der Waals surface area contributed by atoms with Gasteiger partial charge in [-0.1, -0.05) is 6.92 Å². The molecule has 1 atom stereocenters. The summed E-state index contributed by atoms with van der Waals surface area (Å²) < 4.78 is 0. The molecule has 0 rings (SSSR count). The van der Waals surface area contributed by atoms with Crippen LogP contribution in [0.3, 0.4) is 0 Å². The Labute approximate surface area is 88.0 Å². The average molecular weight is 216 g/mol. The first-order valence-electron chi connectivity index (χ1n) is 4.76. The molecule has 86 valence electrons. The number of hydrogen-bond donors (Lipinski definition) is 3. The Morgan fingerprint density at radius 1 is 1.33 bits per heavy atom. The van der Waals surface area contributed by atoms with Gasteiger partial charge in [-0.2, -0.15) is 0 Å². The van der Waals surface area contributed by atoms with Crippen molar-refractivity contribution < 1.29 is 19.5 Å². The molecule has 0 aliphatic rings. The zero-order chi connectivity index (χ0) is 11.8. The summed E-state index contributed by atoms with van der Waals surface area (Å²) in [5.74, 6) is -1.83. The molecule has 2 amide bonds. The Balaban J connectivity index is 3.88. The van der Waals surface area contributed by atoms with Crippen molar-refractivity contribution in [2.45, 2.75) is 32.7 Å². The molecule has 15 heavy (non-hydrogen) atoms. The number of carboxylic acid groups (broad SMARTS) is 1. The zero-order valence-electron chi connectivity index (χ0n) is 8.87. The summed E-state index contributed by atoms with van der Waals surface area (Å²) in [4.78, 5) is 32.4. The van der Waals surface area contributed by atoms with Gasteiger partial charge in [-0.15, -0.1) is 0 Å². The molecule has 0 saturated heterocycles. The van der Waals surface area contributed by atoms with Crippen LogP contribution in [0.25, 0.3) is 0 Å². The van der Waals surface area contributed by atoms with Crippen LogP contribution in [0.4, 0.5) is 0 Å². The van der Waals surface area contributed by atoms with Crippen molar-refractivity contribution in [1.82, 2.24) is 10.6 Å². The normalized spacial score (nSPS) is 11.6.